The first-order valence-electron chi connectivity index (χ1n) is 18.6. The molecule has 54 heavy (non-hydrogen) atoms. The molecule has 12 nitrogen and oxygen atoms in total. The summed E-state index contributed by atoms with van der Waals surface area (Å²) in [5.41, 5.74) is 3.08. The van der Waals surface area contributed by atoms with Crippen molar-refractivity contribution in [1.82, 2.24) is 19.9 Å². The Labute approximate surface area is 316 Å². The van der Waals surface area contributed by atoms with Gasteiger partial charge in [-0.2, -0.15) is 0 Å². The van der Waals surface area contributed by atoms with E-state index in [-0.39, 0.29) is 30.8 Å². The third-order valence-electron chi connectivity index (χ3n) is 9.90. The Morgan fingerprint density at radius 2 is 1.72 bits per heavy atom. The molecular formula is C42H49N5O7. The Hall–Kier alpha value is -5.17. The van der Waals surface area contributed by atoms with E-state index in [4.69, 9.17) is 33.4 Å². The molecule has 0 spiro atoms. The van der Waals surface area contributed by atoms with Crippen molar-refractivity contribution in [3.05, 3.63) is 109 Å². The number of hydrogen-bond donors (Lipinski definition) is 1. The Balaban J connectivity index is 0.871. The van der Waals surface area contributed by atoms with Gasteiger partial charge in [0.05, 0.1) is 37.9 Å². The second kappa shape index (κ2) is 16.9. The lowest BCUT2D eigenvalue weighted by Gasteiger charge is -2.25. The smallest absolute Gasteiger partial charge is 0.407 e. The van der Waals surface area contributed by atoms with Crippen molar-refractivity contribution in [3.63, 3.8) is 0 Å². The number of anilines is 1. The summed E-state index contributed by atoms with van der Waals surface area (Å²) in [7, 11) is 3.71. The predicted octanol–water partition coefficient (Wildman–Crippen LogP) is 7.33. The number of carbonyl (C=O) groups excluding carboxylic acids is 1. The van der Waals surface area contributed by atoms with Crippen LogP contribution in [0.15, 0.2) is 97.5 Å². The monoisotopic (exact) mass is 735 g/mol. The molecule has 7 rings (SSSR count). The van der Waals surface area contributed by atoms with Crippen molar-refractivity contribution < 1.29 is 33.2 Å². The number of ether oxygens (including phenoxy) is 6. The zero-order valence-electron chi connectivity index (χ0n) is 31.4. The van der Waals surface area contributed by atoms with E-state index in [2.05, 4.69) is 44.2 Å². The number of rotatable bonds is 16. The Bertz CT molecular complexity index is 1990. The zero-order chi connectivity index (χ0) is 37.5. The van der Waals surface area contributed by atoms with Gasteiger partial charge in [-0.05, 0) is 80.3 Å². The van der Waals surface area contributed by atoms with Crippen LogP contribution in [-0.2, 0) is 31.9 Å². The van der Waals surface area contributed by atoms with E-state index in [1.807, 2.05) is 87.6 Å². The maximum atomic E-state index is 12.3. The average molecular weight is 736 g/mol. The molecular weight excluding hydrogens is 686 g/mol. The van der Waals surface area contributed by atoms with Crippen molar-refractivity contribution >= 4 is 22.9 Å². The number of alkyl carbamates (subject to hydrolysis) is 1. The fourth-order valence-electron chi connectivity index (χ4n) is 7.41. The number of para-hydroxylation sites is 1. The SMILES string of the molecule is COc1ccc(CN(C)c2ncnc3c2ccn3[C@@H]2C[C@H](COCCCOC(=O)NCCc3cccc(Oc4ccccc4)c3)[C@H]3OC(C)(C)O[C@H]32)cc1. The second-order valence-electron chi connectivity index (χ2n) is 14.3. The predicted molar refractivity (Wildman–Crippen MR) is 205 cm³/mol. The number of methoxy groups -OCH3 is 1. The first-order valence-corrected chi connectivity index (χ1v) is 18.6. The van der Waals surface area contributed by atoms with E-state index in [1.54, 1.807) is 13.4 Å². The Morgan fingerprint density at radius 1 is 0.926 bits per heavy atom. The van der Waals surface area contributed by atoms with Gasteiger partial charge in [0.2, 0.25) is 0 Å². The number of carbonyl (C=O) groups is 1. The van der Waals surface area contributed by atoms with Crippen LogP contribution in [0.1, 0.15) is 43.9 Å². The summed E-state index contributed by atoms with van der Waals surface area (Å²) in [6, 6.07) is 27.7. The Morgan fingerprint density at radius 3 is 2.54 bits per heavy atom. The summed E-state index contributed by atoms with van der Waals surface area (Å²) >= 11 is 0. The molecule has 1 saturated heterocycles. The molecule has 12 heteroatoms. The van der Waals surface area contributed by atoms with Crippen molar-refractivity contribution in [1.29, 1.82) is 0 Å². The summed E-state index contributed by atoms with van der Waals surface area (Å²) in [5.74, 6) is 2.66. The van der Waals surface area contributed by atoms with Gasteiger partial charge in [-0.25, -0.2) is 14.8 Å². The van der Waals surface area contributed by atoms with Crippen LogP contribution >= 0.6 is 0 Å². The topological polar surface area (TPSA) is 118 Å². The maximum absolute atomic E-state index is 12.3. The quantitative estimate of drug-likeness (QED) is 0.103. The van der Waals surface area contributed by atoms with Gasteiger partial charge in [-0.1, -0.05) is 42.5 Å². The molecule has 1 aliphatic heterocycles. The highest BCUT2D eigenvalue weighted by atomic mass is 16.8. The fraction of sp³-hybridized carbons (Fsp3) is 0.405. The fourth-order valence-corrected chi connectivity index (χ4v) is 7.41. The van der Waals surface area contributed by atoms with Gasteiger partial charge in [0.1, 0.15) is 41.1 Å². The van der Waals surface area contributed by atoms with Crippen molar-refractivity contribution in [3.8, 4) is 17.2 Å². The van der Waals surface area contributed by atoms with Gasteiger partial charge in [0, 0.05) is 45.3 Å². The minimum absolute atomic E-state index is 0.0170. The number of amides is 1. The van der Waals surface area contributed by atoms with Crippen LogP contribution in [0.5, 0.6) is 17.2 Å². The molecule has 0 radical (unpaired) electrons. The molecule has 2 fully saturated rings. The highest BCUT2D eigenvalue weighted by molar-refractivity contribution is 5.88. The van der Waals surface area contributed by atoms with E-state index in [0.717, 1.165) is 51.6 Å². The highest BCUT2D eigenvalue weighted by Crippen LogP contribution is 2.48. The van der Waals surface area contributed by atoms with Gasteiger partial charge < -0.3 is 43.2 Å². The molecule has 5 aromatic rings. The van der Waals surface area contributed by atoms with Crippen LogP contribution in [0.25, 0.3) is 11.0 Å². The minimum Gasteiger partial charge on any atom is -0.497 e. The van der Waals surface area contributed by atoms with Crippen LogP contribution in [0.4, 0.5) is 10.6 Å². The molecule has 284 valence electrons. The van der Waals surface area contributed by atoms with E-state index < -0.39 is 11.9 Å². The third-order valence-corrected chi connectivity index (χ3v) is 9.90. The molecule has 1 N–H and O–H groups in total. The van der Waals surface area contributed by atoms with E-state index in [9.17, 15) is 4.79 Å². The van der Waals surface area contributed by atoms with Gasteiger partial charge in [-0.15, -0.1) is 0 Å². The normalized spacial score (nSPS) is 20.1. The number of nitrogens with zero attached hydrogens (tertiary/aromatic N) is 4. The molecule has 3 heterocycles. The molecule has 0 bridgehead atoms. The number of hydrogen-bond acceptors (Lipinski definition) is 10. The zero-order valence-corrected chi connectivity index (χ0v) is 31.4. The molecule has 4 atom stereocenters. The van der Waals surface area contributed by atoms with Gasteiger partial charge in [-0.3, -0.25) is 0 Å². The lowest BCUT2D eigenvalue weighted by atomic mass is 10.1. The van der Waals surface area contributed by atoms with Crippen molar-refractivity contribution in [2.75, 3.05) is 45.4 Å². The van der Waals surface area contributed by atoms with Gasteiger partial charge >= 0.3 is 6.09 Å². The lowest BCUT2D eigenvalue weighted by Crippen LogP contribution is -2.28. The third kappa shape index (κ3) is 8.95. The second-order valence-corrected chi connectivity index (χ2v) is 14.3. The standard InChI is InChI=1S/C42H49N5O7/c1-42(2)53-37-31(27-50-22-9-23-51-41(48)43-20-18-29-10-8-13-34(24-29)52-33-11-6-5-7-12-33)25-36(38(37)54-42)47-21-19-35-39(44-28-45-40(35)47)46(3)26-30-14-16-32(49-4)17-15-30/h5-8,10-17,19,21,24,28,31,36-38H,9,18,20,22-23,25-27H2,1-4H3,(H,43,48)/t31-,36-,37-,38+/m1/s1. The summed E-state index contributed by atoms with van der Waals surface area (Å²) in [6.45, 7) is 6.32. The summed E-state index contributed by atoms with van der Waals surface area (Å²) in [5, 5.41) is 3.81. The van der Waals surface area contributed by atoms with E-state index in [1.165, 1.54) is 0 Å². The molecule has 3 aromatic carbocycles. The van der Waals surface area contributed by atoms with E-state index >= 15 is 0 Å². The summed E-state index contributed by atoms with van der Waals surface area (Å²) < 4.78 is 37.9. The number of aromatic nitrogens is 3. The maximum Gasteiger partial charge on any atom is 0.407 e. The van der Waals surface area contributed by atoms with Gasteiger partial charge in [0.25, 0.3) is 0 Å². The molecule has 1 amide bonds. The van der Waals surface area contributed by atoms with Crippen molar-refractivity contribution in [2.45, 2.75) is 63.7 Å². The van der Waals surface area contributed by atoms with Crippen molar-refractivity contribution in [2.24, 2.45) is 5.92 Å². The highest BCUT2D eigenvalue weighted by Gasteiger charge is 2.54. The first kappa shape index (κ1) is 37.2. The first-order chi connectivity index (χ1) is 26.3. The molecule has 2 aromatic heterocycles. The summed E-state index contributed by atoms with van der Waals surface area (Å²) in [4.78, 5) is 23.8. The van der Waals surface area contributed by atoms with Crippen LogP contribution in [0, 0.1) is 5.92 Å². The lowest BCUT2D eigenvalue weighted by molar-refractivity contribution is -0.162. The van der Waals surface area contributed by atoms with Crippen LogP contribution in [0.3, 0.4) is 0 Å². The largest absolute Gasteiger partial charge is 0.497 e. The van der Waals surface area contributed by atoms with E-state index in [0.29, 0.717) is 39.1 Å². The number of benzene rings is 3. The number of nitrogens with one attached hydrogen (secondary N) is 1. The van der Waals surface area contributed by atoms with Crippen LogP contribution in [0.2, 0.25) is 0 Å². The number of fused-ring (bicyclic) bond motifs is 2. The Kier molecular flexibility index (Phi) is 11.6. The van der Waals surface area contributed by atoms with Crippen LogP contribution < -0.4 is 19.7 Å². The minimum atomic E-state index is -0.701. The molecule has 2 aliphatic rings. The molecule has 1 aliphatic carbocycles. The molecule has 1 saturated carbocycles. The average Bonchev–Trinajstić information content (AvgIpc) is 3.84. The molecule has 0 unspecified atom stereocenters. The van der Waals surface area contributed by atoms with Gasteiger partial charge in [0.15, 0.2) is 5.79 Å². The summed E-state index contributed by atoms with van der Waals surface area (Å²) in [6.07, 6.45) is 5.08. The van der Waals surface area contributed by atoms with Crippen LogP contribution in [-0.4, -0.2) is 79.1 Å².